The summed E-state index contributed by atoms with van der Waals surface area (Å²) >= 11 is 0. The van der Waals surface area contributed by atoms with Crippen molar-refractivity contribution in [2.24, 2.45) is 5.14 Å². The zero-order valence-electron chi connectivity index (χ0n) is 14.3. The largest absolute Gasteiger partial charge is 0.493 e. The van der Waals surface area contributed by atoms with E-state index >= 15 is 0 Å². The molecule has 0 saturated carbocycles. The summed E-state index contributed by atoms with van der Waals surface area (Å²) in [5.74, 6) is 1.22. The van der Waals surface area contributed by atoms with Crippen molar-refractivity contribution in [3.8, 4) is 17.2 Å². The number of amides is 1. The molecule has 1 rings (SSSR count). The number of ether oxygens (including phenoxy) is 3. The average Bonchev–Trinajstić information content (AvgIpc) is 2.55. The second-order valence-electron chi connectivity index (χ2n) is 5.20. The van der Waals surface area contributed by atoms with Gasteiger partial charge >= 0.3 is 0 Å². The topological polar surface area (TPSA) is 117 Å². The molecule has 0 aliphatic carbocycles. The fraction of sp³-hybridized carbons (Fsp3) is 0.533. The third-order valence-electron chi connectivity index (χ3n) is 3.55. The lowest BCUT2D eigenvalue weighted by Gasteiger charge is -2.16. The maximum Gasteiger partial charge on any atom is 0.220 e. The number of sulfonamides is 1. The van der Waals surface area contributed by atoms with Crippen molar-refractivity contribution in [2.45, 2.75) is 25.0 Å². The maximum atomic E-state index is 11.9. The fourth-order valence-electron chi connectivity index (χ4n) is 2.07. The summed E-state index contributed by atoms with van der Waals surface area (Å²) in [5, 5.41) is 6.72. The van der Waals surface area contributed by atoms with Crippen molar-refractivity contribution in [1.29, 1.82) is 0 Å². The molecule has 0 aliphatic rings. The summed E-state index contributed by atoms with van der Waals surface area (Å²) in [6, 6.07) is 3.53. The van der Waals surface area contributed by atoms with Crippen LogP contribution in [-0.4, -0.2) is 47.4 Å². The smallest absolute Gasteiger partial charge is 0.220 e. The van der Waals surface area contributed by atoms with Gasteiger partial charge in [-0.25, -0.2) is 13.6 Å². The number of rotatable bonds is 9. The zero-order valence-corrected chi connectivity index (χ0v) is 15.1. The van der Waals surface area contributed by atoms with Crippen LogP contribution in [0.2, 0.25) is 0 Å². The van der Waals surface area contributed by atoms with Gasteiger partial charge in [0.2, 0.25) is 21.7 Å². The maximum absolute atomic E-state index is 11.9. The second kappa shape index (κ2) is 8.74. The van der Waals surface area contributed by atoms with Crippen molar-refractivity contribution >= 4 is 15.9 Å². The Bertz CT molecular complexity index is 675. The van der Waals surface area contributed by atoms with Gasteiger partial charge in [0, 0.05) is 13.0 Å². The predicted octanol–water partition coefficient (Wildman–Crippen LogP) is 0.438. The number of methoxy groups -OCH3 is 3. The van der Waals surface area contributed by atoms with E-state index in [4.69, 9.17) is 19.3 Å². The Morgan fingerprint density at radius 3 is 2.29 bits per heavy atom. The van der Waals surface area contributed by atoms with Crippen LogP contribution in [0.5, 0.6) is 17.2 Å². The molecule has 0 heterocycles. The molecule has 1 aromatic carbocycles. The second-order valence-corrected chi connectivity index (χ2v) is 7.18. The standard InChI is InChI=1S/C15H24N2O6S/c1-10(24(16,19)20)9-17-13(18)8-6-11-5-7-12(21-2)15(23-4)14(11)22-3/h5,7,10H,6,8-9H2,1-4H3,(H,17,18)(H2,16,19,20). The molecule has 0 radical (unpaired) electrons. The molecular weight excluding hydrogens is 336 g/mol. The van der Waals surface area contributed by atoms with Crippen LogP contribution in [0.1, 0.15) is 18.9 Å². The molecule has 8 nitrogen and oxygen atoms in total. The van der Waals surface area contributed by atoms with E-state index in [-0.39, 0.29) is 18.9 Å². The number of benzene rings is 1. The van der Waals surface area contributed by atoms with Crippen LogP contribution in [0.15, 0.2) is 12.1 Å². The molecule has 136 valence electrons. The number of primary sulfonamides is 1. The summed E-state index contributed by atoms with van der Waals surface area (Å²) in [4.78, 5) is 11.9. The minimum absolute atomic E-state index is 0.0270. The third kappa shape index (κ3) is 5.27. The quantitative estimate of drug-likeness (QED) is 0.660. The molecule has 0 spiro atoms. The van der Waals surface area contributed by atoms with Crippen LogP contribution in [-0.2, 0) is 21.2 Å². The van der Waals surface area contributed by atoms with Gasteiger partial charge in [0.1, 0.15) is 0 Å². The number of carbonyl (C=O) groups is 1. The van der Waals surface area contributed by atoms with Crippen molar-refractivity contribution in [2.75, 3.05) is 27.9 Å². The Balaban J connectivity index is 2.72. The highest BCUT2D eigenvalue weighted by Gasteiger charge is 2.18. The molecule has 24 heavy (non-hydrogen) atoms. The Hall–Kier alpha value is -2.00. The highest BCUT2D eigenvalue weighted by Crippen LogP contribution is 2.40. The van der Waals surface area contributed by atoms with Gasteiger partial charge < -0.3 is 19.5 Å². The van der Waals surface area contributed by atoms with Crippen LogP contribution in [0.3, 0.4) is 0 Å². The SMILES string of the molecule is COc1ccc(CCC(=O)NCC(C)S(N)(=O)=O)c(OC)c1OC. The highest BCUT2D eigenvalue weighted by molar-refractivity contribution is 7.89. The molecule has 0 aromatic heterocycles. The van der Waals surface area contributed by atoms with Crippen LogP contribution in [0.25, 0.3) is 0 Å². The van der Waals surface area contributed by atoms with Gasteiger partial charge in [0.25, 0.3) is 0 Å². The Labute approximate surface area is 142 Å². The lowest BCUT2D eigenvalue weighted by molar-refractivity contribution is -0.121. The van der Waals surface area contributed by atoms with E-state index in [1.807, 2.05) is 0 Å². The van der Waals surface area contributed by atoms with Gasteiger partial charge in [-0.2, -0.15) is 0 Å². The van der Waals surface area contributed by atoms with Crippen LogP contribution in [0.4, 0.5) is 0 Å². The molecule has 0 aliphatic heterocycles. The normalized spacial score (nSPS) is 12.4. The van der Waals surface area contributed by atoms with Gasteiger partial charge in [-0.15, -0.1) is 0 Å². The molecule has 1 atom stereocenters. The lowest BCUT2D eigenvalue weighted by atomic mass is 10.1. The van der Waals surface area contributed by atoms with Crippen molar-refractivity contribution in [1.82, 2.24) is 5.32 Å². The first kappa shape index (κ1) is 20.0. The molecule has 0 saturated heterocycles. The van der Waals surface area contributed by atoms with E-state index in [2.05, 4.69) is 5.32 Å². The first-order chi connectivity index (χ1) is 11.2. The number of hydrogen-bond donors (Lipinski definition) is 2. The Morgan fingerprint density at radius 1 is 1.17 bits per heavy atom. The minimum atomic E-state index is -3.66. The Morgan fingerprint density at radius 2 is 1.79 bits per heavy atom. The summed E-state index contributed by atoms with van der Waals surface area (Å²) < 4.78 is 38.1. The average molecular weight is 360 g/mol. The van der Waals surface area contributed by atoms with Gasteiger partial charge in [-0.1, -0.05) is 6.07 Å². The fourth-order valence-corrected chi connectivity index (χ4v) is 2.39. The minimum Gasteiger partial charge on any atom is -0.493 e. The molecule has 0 fully saturated rings. The highest BCUT2D eigenvalue weighted by atomic mass is 32.2. The molecular formula is C15H24N2O6S. The molecule has 1 amide bonds. The van der Waals surface area contributed by atoms with Crippen molar-refractivity contribution in [3.05, 3.63) is 17.7 Å². The van der Waals surface area contributed by atoms with Crippen LogP contribution in [0, 0.1) is 0 Å². The van der Waals surface area contributed by atoms with E-state index in [0.717, 1.165) is 5.56 Å². The van der Waals surface area contributed by atoms with Crippen LogP contribution < -0.4 is 24.7 Å². The summed E-state index contributed by atoms with van der Waals surface area (Å²) in [5.41, 5.74) is 0.782. The van der Waals surface area contributed by atoms with Crippen molar-refractivity contribution < 1.29 is 27.4 Å². The molecule has 0 bridgehead atoms. The van der Waals surface area contributed by atoms with Crippen molar-refractivity contribution in [3.63, 3.8) is 0 Å². The monoisotopic (exact) mass is 360 g/mol. The third-order valence-corrected chi connectivity index (χ3v) is 4.84. The van der Waals surface area contributed by atoms with E-state index < -0.39 is 15.3 Å². The number of hydrogen-bond acceptors (Lipinski definition) is 6. The summed E-state index contributed by atoms with van der Waals surface area (Å²) in [6.07, 6.45) is 0.572. The molecule has 9 heteroatoms. The zero-order chi connectivity index (χ0) is 18.3. The molecule has 1 aromatic rings. The van der Waals surface area contributed by atoms with E-state index in [1.54, 1.807) is 12.1 Å². The van der Waals surface area contributed by atoms with Crippen LogP contribution >= 0.6 is 0 Å². The number of nitrogens with two attached hydrogens (primary N) is 1. The van der Waals surface area contributed by atoms with Gasteiger partial charge in [0.15, 0.2) is 11.5 Å². The van der Waals surface area contributed by atoms with Gasteiger partial charge in [-0.3, -0.25) is 4.79 Å². The Kier molecular flexibility index (Phi) is 7.30. The number of carbonyl (C=O) groups excluding carboxylic acids is 1. The number of aryl methyl sites for hydroxylation is 1. The molecule has 3 N–H and O–H groups in total. The van der Waals surface area contributed by atoms with E-state index in [0.29, 0.717) is 23.7 Å². The lowest BCUT2D eigenvalue weighted by Crippen LogP contribution is -2.38. The first-order valence-electron chi connectivity index (χ1n) is 7.30. The van der Waals surface area contributed by atoms with E-state index in [1.165, 1.54) is 28.3 Å². The van der Waals surface area contributed by atoms with E-state index in [9.17, 15) is 13.2 Å². The predicted molar refractivity (Wildman–Crippen MR) is 90.0 cm³/mol. The summed E-state index contributed by atoms with van der Waals surface area (Å²) in [7, 11) is 0.881. The van der Waals surface area contributed by atoms with Gasteiger partial charge in [-0.05, 0) is 25.0 Å². The number of nitrogens with one attached hydrogen (secondary N) is 1. The van der Waals surface area contributed by atoms with Gasteiger partial charge in [0.05, 0.1) is 26.6 Å². The first-order valence-corrected chi connectivity index (χ1v) is 8.91. The molecule has 1 unspecified atom stereocenters. The summed E-state index contributed by atoms with van der Waals surface area (Å²) in [6.45, 7) is 1.41.